The summed E-state index contributed by atoms with van der Waals surface area (Å²) >= 11 is 2.05. The van der Waals surface area contributed by atoms with E-state index in [2.05, 4.69) is 33.0 Å². The Balaban J connectivity index is 1.87. The van der Waals surface area contributed by atoms with Crippen molar-refractivity contribution in [1.82, 2.24) is 9.78 Å². The number of aliphatic hydroxyl groups excluding tert-OH is 1. The molecule has 1 aromatic heterocycles. The van der Waals surface area contributed by atoms with E-state index in [0.717, 1.165) is 9.26 Å². The van der Waals surface area contributed by atoms with Crippen LogP contribution in [0.15, 0.2) is 36.7 Å². The second-order valence-corrected chi connectivity index (χ2v) is 5.05. The SMILES string of the molecule is OC(CNc1ccc(F)cc1I)Cn1cccn1. The molecule has 1 atom stereocenters. The van der Waals surface area contributed by atoms with Crippen LogP contribution in [0.2, 0.25) is 0 Å². The summed E-state index contributed by atoms with van der Waals surface area (Å²) in [5.41, 5.74) is 0.816. The number of nitrogens with zero attached hydrogens (tertiary/aromatic N) is 2. The monoisotopic (exact) mass is 361 g/mol. The van der Waals surface area contributed by atoms with Crippen molar-refractivity contribution in [3.05, 3.63) is 46.0 Å². The van der Waals surface area contributed by atoms with Crippen molar-refractivity contribution in [3.63, 3.8) is 0 Å². The van der Waals surface area contributed by atoms with E-state index in [1.54, 1.807) is 23.1 Å². The first-order valence-corrected chi connectivity index (χ1v) is 6.57. The average molecular weight is 361 g/mol. The van der Waals surface area contributed by atoms with Crippen molar-refractivity contribution in [1.29, 1.82) is 0 Å². The van der Waals surface area contributed by atoms with Gasteiger partial charge in [-0.2, -0.15) is 5.10 Å². The van der Waals surface area contributed by atoms with Crippen molar-refractivity contribution >= 4 is 28.3 Å². The second kappa shape index (κ2) is 6.14. The van der Waals surface area contributed by atoms with Gasteiger partial charge in [0.05, 0.1) is 12.6 Å². The van der Waals surface area contributed by atoms with E-state index < -0.39 is 6.10 Å². The fourth-order valence-corrected chi connectivity index (χ4v) is 2.22. The second-order valence-electron chi connectivity index (χ2n) is 3.89. The Hall–Kier alpha value is -1.15. The largest absolute Gasteiger partial charge is 0.389 e. The van der Waals surface area contributed by atoms with Crippen molar-refractivity contribution in [2.24, 2.45) is 0 Å². The number of aromatic nitrogens is 2. The van der Waals surface area contributed by atoms with E-state index in [-0.39, 0.29) is 5.82 Å². The van der Waals surface area contributed by atoms with Crippen LogP contribution in [0.5, 0.6) is 0 Å². The molecule has 6 heteroatoms. The summed E-state index contributed by atoms with van der Waals surface area (Å²) in [6, 6.07) is 6.31. The Bertz CT molecular complexity index is 504. The van der Waals surface area contributed by atoms with Crippen LogP contribution in [-0.4, -0.2) is 27.5 Å². The quantitative estimate of drug-likeness (QED) is 0.803. The van der Waals surface area contributed by atoms with Gasteiger partial charge in [-0.1, -0.05) is 0 Å². The smallest absolute Gasteiger partial charge is 0.124 e. The lowest BCUT2D eigenvalue weighted by Crippen LogP contribution is -2.25. The van der Waals surface area contributed by atoms with Gasteiger partial charge in [0, 0.05) is 28.2 Å². The molecule has 0 saturated heterocycles. The molecule has 0 saturated carbocycles. The summed E-state index contributed by atoms with van der Waals surface area (Å²) in [4.78, 5) is 0. The van der Waals surface area contributed by atoms with E-state index >= 15 is 0 Å². The zero-order chi connectivity index (χ0) is 13.0. The number of nitrogens with one attached hydrogen (secondary N) is 1. The Morgan fingerprint density at radius 3 is 3.00 bits per heavy atom. The van der Waals surface area contributed by atoms with E-state index in [0.29, 0.717) is 13.1 Å². The molecular formula is C12H13FIN3O. The number of hydrogen-bond acceptors (Lipinski definition) is 3. The predicted molar refractivity (Wildman–Crippen MR) is 75.8 cm³/mol. The molecule has 1 heterocycles. The molecular weight excluding hydrogens is 348 g/mol. The van der Waals surface area contributed by atoms with Crippen molar-refractivity contribution in [3.8, 4) is 0 Å². The normalized spacial score (nSPS) is 12.4. The molecule has 2 rings (SSSR count). The Kier molecular flexibility index (Phi) is 4.54. The summed E-state index contributed by atoms with van der Waals surface area (Å²) in [6.07, 6.45) is 2.92. The molecule has 0 radical (unpaired) electrons. The van der Waals surface area contributed by atoms with Gasteiger partial charge in [0.15, 0.2) is 0 Å². The molecule has 0 spiro atoms. The van der Waals surface area contributed by atoms with Crippen molar-refractivity contribution in [2.45, 2.75) is 12.6 Å². The number of halogens is 2. The number of rotatable bonds is 5. The minimum Gasteiger partial charge on any atom is -0.389 e. The molecule has 0 amide bonds. The van der Waals surface area contributed by atoms with Crippen LogP contribution in [0, 0.1) is 9.39 Å². The molecule has 0 aliphatic carbocycles. The van der Waals surface area contributed by atoms with Crippen LogP contribution in [0.25, 0.3) is 0 Å². The molecule has 0 fully saturated rings. The molecule has 2 aromatic rings. The fourth-order valence-electron chi connectivity index (χ4n) is 1.55. The van der Waals surface area contributed by atoms with Crippen molar-refractivity contribution < 1.29 is 9.50 Å². The lowest BCUT2D eigenvalue weighted by molar-refractivity contribution is 0.161. The van der Waals surface area contributed by atoms with Gasteiger partial charge in [-0.3, -0.25) is 4.68 Å². The summed E-state index contributed by atoms with van der Waals surface area (Å²) < 4.78 is 15.4. The third-order valence-corrected chi connectivity index (χ3v) is 3.31. The van der Waals surface area contributed by atoms with E-state index in [9.17, 15) is 9.50 Å². The molecule has 96 valence electrons. The predicted octanol–water partition coefficient (Wildman–Crippen LogP) is 2.10. The number of anilines is 1. The van der Waals surface area contributed by atoms with Crippen LogP contribution < -0.4 is 5.32 Å². The zero-order valence-corrected chi connectivity index (χ0v) is 11.7. The highest BCUT2D eigenvalue weighted by atomic mass is 127. The molecule has 4 nitrogen and oxygen atoms in total. The Morgan fingerprint density at radius 2 is 2.33 bits per heavy atom. The van der Waals surface area contributed by atoms with Crippen LogP contribution in [0.4, 0.5) is 10.1 Å². The number of aliphatic hydroxyl groups is 1. The molecule has 0 bridgehead atoms. The van der Waals surface area contributed by atoms with E-state index in [4.69, 9.17) is 0 Å². The van der Waals surface area contributed by atoms with Crippen LogP contribution in [-0.2, 0) is 6.54 Å². The van der Waals surface area contributed by atoms with Gasteiger partial charge in [-0.05, 0) is 46.9 Å². The maximum Gasteiger partial charge on any atom is 0.124 e. The third-order valence-electron chi connectivity index (χ3n) is 2.42. The Morgan fingerprint density at radius 1 is 1.50 bits per heavy atom. The number of hydrogen-bond donors (Lipinski definition) is 2. The zero-order valence-electron chi connectivity index (χ0n) is 9.55. The first-order chi connectivity index (χ1) is 8.65. The van der Waals surface area contributed by atoms with Gasteiger partial charge < -0.3 is 10.4 Å². The molecule has 0 aliphatic heterocycles. The fraction of sp³-hybridized carbons (Fsp3) is 0.250. The molecule has 0 aliphatic rings. The standard InChI is InChI=1S/C12H13FIN3O/c13-9-2-3-12(11(14)6-9)15-7-10(18)8-17-5-1-4-16-17/h1-6,10,15,18H,7-8H2. The summed E-state index contributed by atoms with van der Waals surface area (Å²) in [5.74, 6) is -0.262. The topological polar surface area (TPSA) is 50.1 Å². The van der Waals surface area contributed by atoms with Crippen LogP contribution in [0.3, 0.4) is 0 Å². The summed E-state index contributed by atoms with van der Waals surface area (Å²) in [7, 11) is 0. The minimum absolute atomic E-state index is 0.262. The minimum atomic E-state index is -0.550. The summed E-state index contributed by atoms with van der Waals surface area (Å²) in [5, 5.41) is 16.9. The van der Waals surface area contributed by atoms with Crippen LogP contribution >= 0.6 is 22.6 Å². The van der Waals surface area contributed by atoms with Gasteiger partial charge in [0.25, 0.3) is 0 Å². The van der Waals surface area contributed by atoms with Gasteiger partial charge in [-0.25, -0.2) is 4.39 Å². The van der Waals surface area contributed by atoms with E-state index in [1.165, 1.54) is 12.1 Å². The average Bonchev–Trinajstić information content (AvgIpc) is 2.80. The first-order valence-electron chi connectivity index (χ1n) is 5.49. The third kappa shape index (κ3) is 3.67. The van der Waals surface area contributed by atoms with Gasteiger partial charge in [0.2, 0.25) is 0 Å². The molecule has 1 aromatic carbocycles. The molecule has 2 N–H and O–H groups in total. The lowest BCUT2D eigenvalue weighted by Gasteiger charge is -2.14. The lowest BCUT2D eigenvalue weighted by atomic mass is 10.3. The Labute approximate surface area is 118 Å². The summed E-state index contributed by atoms with van der Waals surface area (Å²) in [6.45, 7) is 0.819. The van der Waals surface area contributed by atoms with Gasteiger partial charge in [-0.15, -0.1) is 0 Å². The molecule has 1 unspecified atom stereocenters. The van der Waals surface area contributed by atoms with Gasteiger partial charge >= 0.3 is 0 Å². The highest BCUT2D eigenvalue weighted by molar-refractivity contribution is 14.1. The highest BCUT2D eigenvalue weighted by Crippen LogP contribution is 2.18. The maximum absolute atomic E-state index is 12.9. The molecule has 18 heavy (non-hydrogen) atoms. The van der Waals surface area contributed by atoms with Crippen LogP contribution in [0.1, 0.15) is 0 Å². The highest BCUT2D eigenvalue weighted by Gasteiger charge is 2.07. The maximum atomic E-state index is 12.9. The van der Waals surface area contributed by atoms with Gasteiger partial charge in [0.1, 0.15) is 5.82 Å². The first kappa shape index (κ1) is 13.3. The van der Waals surface area contributed by atoms with E-state index in [1.807, 2.05) is 6.07 Å². The number of benzene rings is 1. The van der Waals surface area contributed by atoms with Crippen molar-refractivity contribution in [2.75, 3.05) is 11.9 Å².